The molecule has 2 aromatic rings. The first-order chi connectivity index (χ1) is 9.65. The van der Waals surface area contributed by atoms with Gasteiger partial charge < -0.3 is 10.1 Å². The lowest BCUT2D eigenvalue weighted by Crippen LogP contribution is -2.11. The summed E-state index contributed by atoms with van der Waals surface area (Å²) in [4.78, 5) is 19.1. The van der Waals surface area contributed by atoms with Gasteiger partial charge in [0.25, 0.3) is 0 Å². The summed E-state index contributed by atoms with van der Waals surface area (Å²) in [6, 6.07) is 6.96. The normalized spacial score (nSPS) is 11.8. The Morgan fingerprint density at radius 3 is 2.75 bits per heavy atom. The first-order valence-corrected chi connectivity index (χ1v) is 6.48. The first kappa shape index (κ1) is 14.6. The SMILES string of the molecule is CNc1nc(Cl)ncc1OC(C=O)c1ccccc1Cl. The number of carbonyl (C=O) groups is 1. The predicted octanol–water partition coefficient (Wildman–Crippen LogP) is 3.14. The lowest BCUT2D eigenvalue weighted by Gasteiger charge is -2.16. The van der Waals surface area contributed by atoms with Crippen molar-refractivity contribution >= 4 is 35.3 Å². The molecule has 0 radical (unpaired) electrons. The number of nitrogens with zero attached hydrogens (tertiary/aromatic N) is 2. The zero-order valence-corrected chi connectivity index (χ0v) is 12.0. The summed E-state index contributed by atoms with van der Waals surface area (Å²) in [6.07, 6.45) is 1.21. The second-order valence-corrected chi connectivity index (χ2v) is 4.54. The van der Waals surface area contributed by atoms with Crippen molar-refractivity contribution in [2.45, 2.75) is 6.10 Å². The van der Waals surface area contributed by atoms with Crippen LogP contribution < -0.4 is 10.1 Å². The molecular formula is C13H11Cl2N3O2. The monoisotopic (exact) mass is 311 g/mol. The fourth-order valence-electron chi connectivity index (χ4n) is 1.62. The van der Waals surface area contributed by atoms with Crippen molar-refractivity contribution in [3.63, 3.8) is 0 Å². The van der Waals surface area contributed by atoms with Gasteiger partial charge in [0.15, 0.2) is 24.0 Å². The molecule has 0 aliphatic rings. The van der Waals surface area contributed by atoms with Crippen molar-refractivity contribution < 1.29 is 9.53 Å². The molecule has 0 saturated carbocycles. The number of carbonyl (C=O) groups excluding carboxylic acids is 1. The van der Waals surface area contributed by atoms with Crippen LogP contribution >= 0.6 is 23.2 Å². The van der Waals surface area contributed by atoms with Crippen molar-refractivity contribution in [2.24, 2.45) is 0 Å². The van der Waals surface area contributed by atoms with Gasteiger partial charge >= 0.3 is 0 Å². The van der Waals surface area contributed by atoms with Gasteiger partial charge in [-0.15, -0.1) is 0 Å². The van der Waals surface area contributed by atoms with Crippen LogP contribution in [0, 0.1) is 0 Å². The van der Waals surface area contributed by atoms with Crippen molar-refractivity contribution in [1.29, 1.82) is 0 Å². The smallest absolute Gasteiger partial charge is 0.224 e. The molecule has 0 aliphatic carbocycles. The molecule has 1 heterocycles. The molecule has 1 aromatic heterocycles. The van der Waals surface area contributed by atoms with Crippen molar-refractivity contribution in [1.82, 2.24) is 9.97 Å². The van der Waals surface area contributed by atoms with Crippen LogP contribution in [-0.2, 0) is 4.79 Å². The molecular weight excluding hydrogens is 301 g/mol. The fraction of sp³-hybridized carbons (Fsp3) is 0.154. The van der Waals surface area contributed by atoms with Crippen molar-refractivity contribution in [2.75, 3.05) is 12.4 Å². The second-order valence-electron chi connectivity index (χ2n) is 3.80. The molecule has 0 bridgehead atoms. The van der Waals surface area contributed by atoms with E-state index in [9.17, 15) is 4.79 Å². The Hall–Kier alpha value is -1.85. The number of hydrogen-bond acceptors (Lipinski definition) is 5. The van der Waals surface area contributed by atoms with Crippen LogP contribution in [0.4, 0.5) is 5.82 Å². The van der Waals surface area contributed by atoms with E-state index in [1.165, 1.54) is 6.20 Å². The van der Waals surface area contributed by atoms with E-state index in [-0.39, 0.29) is 5.28 Å². The maximum absolute atomic E-state index is 11.3. The van der Waals surface area contributed by atoms with Crippen LogP contribution in [0.5, 0.6) is 5.75 Å². The fourth-order valence-corrected chi connectivity index (χ4v) is 2.00. The zero-order chi connectivity index (χ0) is 14.5. The van der Waals surface area contributed by atoms with Gasteiger partial charge in [-0.05, 0) is 17.7 Å². The number of anilines is 1. The van der Waals surface area contributed by atoms with Gasteiger partial charge in [0.1, 0.15) is 0 Å². The lowest BCUT2D eigenvalue weighted by molar-refractivity contribution is -0.113. The number of nitrogens with one attached hydrogen (secondary N) is 1. The van der Waals surface area contributed by atoms with E-state index in [1.54, 1.807) is 31.3 Å². The topological polar surface area (TPSA) is 64.1 Å². The standard InChI is InChI=1S/C13H11Cl2N3O2/c1-16-12-10(6-17-13(15)18-12)20-11(7-19)8-4-2-3-5-9(8)14/h2-7,11H,1H3,(H,16,17,18). The number of aromatic nitrogens is 2. The Balaban J connectivity index is 2.32. The summed E-state index contributed by atoms with van der Waals surface area (Å²) < 4.78 is 5.61. The minimum absolute atomic E-state index is 0.0853. The molecule has 1 N–H and O–H groups in total. The minimum atomic E-state index is -0.847. The van der Waals surface area contributed by atoms with Crippen molar-refractivity contribution in [3.05, 3.63) is 46.3 Å². The number of ether oxygens (including phenoxy) is 1. The van der Waals surface area contributed by atoms with E-state index in [1.807, 2.05) is 0 Å². The Labute approximate surface area is 125 Å². The molecule has 20 heavy (non-hydrogen) atoms. The average molecular weight is 312 g/mol. The highest BCUT2D eigenvalue weighted by Crippen LogP contribution is 2.29. The van der Waals surface area contributed by atoms with Crippen molar-refractivity contribution in [3.8, 4) is 5.75 Å². The van der Waals surface area contributed by atoms with E-state index in [0.717, 1.165) is 0 Å². The molecule has 0 amide bonds. The van der Waals surface area contributed by atoms with Gasteiger partial charge in [-0.25, -0.2) is 4.98 Å². The highest BCUT2D eigenvalue weighted by molar-refractivity contribution is 6.31. The van der Waals surface area contributed by atoms with Crippen LogP contribution in [0.25, 0.3) is 0 Å². The quantitative estimate of drug-likeness (QED) is 0.679. The first-order valence-electron chi connectivity index (χ1n) is 5.72. The number of aldehydes is 1. The molecule has 104 valence electrons. The molecule has 1 aromatic carbocycles. The molecule has 0 fully saturated rings. The number of halogens is 2. The van der Waals surface area contributed by atoms with Crippen LogP contribution in [0.1, 0.15) is 11.7 Å². The third-order valence-electron chi connectivity index (χ3n) is 2.55. The highest BCUT2D eigenvalue weighted by atomic mass is 35.5. The summed E-state index contributed by atoms with van der Waals surface area (Å²) in [6.45, 7) is 0. The van der Waals surface area contributed by atoms with E-state index in [0.29, 0.717) is 28.4 Å². The number of rotatable bonds is 5. The summed E-state index contributed by atoms with van der Waals surface area (Å²) in [5.74, 6) is 0.706. The molecule has 0 aliphatic heterocycles. The molecule has 1 atom stereocenters. The molecule has 0 spiro atoms. The molecule has 5 nitrogen and oxygen atoms in total. The predicted molar refractivity (Wildman–Crippen MR) is 77.5 cm³/mol. The summed E-state index contributed by atoms with van der Waals surface area (Å²) >= 11 is 11.8. The zero-order valence-electron chi connectivity index (χ0n) is 10.5. The van der Waals surface area contributed by atoms with Gasteiger partial charge in [-0.1, -0.05) is 29.8 Å². The summed E-state index contributed by atoms with van der Waals surface area (Å²) in [5.41, 5.74) is 0.571. The highest BCUT2D eigenvalue weighted by Gasteiger charge is 2.18. The van der Waals surface area contributed by atoms with Gasteiger partial charge in [0.05, 0.1) is 6.20 Å². The van der Waals surface area contributed by atoms with Gasteiger partial charge in [0.2, 0.25) is 5.28 Å². The Morgan fingerprint density at radius 2 is 2.10 bits per heavy atom. The van der Waals surface area contributed by atoms with E-state index in [4.69, 9.17) is 27.9 Å². The summed E-state index contributed by atoms with van der Waals surface area (Å²) in [5, 5.41) is 3.36. The third-order valence-corrected chi connectivity index (χ3v) is 3.08. The van der Waals surface area contributed by atoms with E-state index < -0.39 is 6.10 Å². The van der Waals surface area contributed by atoms with Crippen LogP contribution in [0.15, 0.2) is 30.5 Å². The van der Waals surface area contributed by atoms with E-state index >= 15 is 0 Å². The van der Waals surface area contributed by atoms with E-state index in [2.05, 4.69) is 15.3 Å². The Morgan fingerprint density at radius 1 is 1.35 bits per heavy atom. The van der Waals surface area contributed by atoms with Crippen LogP contribution in [-0.4, -0.2) is 23.3 Å². The largest absolute Gasteiger partial charge is 0.473 e. The molecule has 2 rings (SSSR count). The molecule has 0 saturated heterocycles. The third kappa shape index (κ3) is 3.18. The summed E-state index contributed by atoms with van der Waals surface area (Å²) in [7, 11) is 1.66. The minimum Gasteiger partial charge on any atom is -0.473 e. The maximum Gasteiger partial charge on any atom is 0.224 e. The molecule has 7 heteroatoms. The Kier molecular flexibility index (Phi) is 4.76. The van der Waals surface area contributed by atoms with Gasteiger partial charge in [-0.2, -0.15) is 4.98 Å². The Bertz CT molecular complexity index is 622. The van der Waals surface area contributed by atoms with Gasteiger partial charge in [-0.3, -0.25) is 4.79 Å². The molecule has 1 unspecified atom stereocenters. The number of hydrogen-bond donors (Lipinski definition) is 1. The second kappa shape index (κ2) is 6.54. The maximum atomic E-state index is 11.3. The number of benzene rings is 1. The lowest BCUT2D eigenvalue weighted by atomic mass is 10.1. The van der Waals surface area contributed by atoms with Crippen LogP contribution in [0.2, 0.25) is 10.3 Å². The average Bonchev–Trinajstić information content (AvgIpc) is 2.47. The van der Waals surface area contributed by atoms with Gasteiger partial charge in [0, 0.05) is 17.6 Å². The van der Waals surface area contributed by atoms with Crippen LogP contribution in [0.3, 0.4) is 0 Å².